The number of hydrogen-bond acceptors (Lipinski definition) is 10. The SMILES string of the molecule is N#Cc1c(N)sc2c(F)ccc(-c3c(Cl)c4c5c(nc(OC[C@@]67CCCN6C[C@H](F)C7)nc5c3F)N(Cc3cncn3CC(F)F)CCO4)c12. The Labute approximate surface area is 290 Å². The van der Waals surface area contributed by atoms with Crippen LogP contribution in [0.3, 0.4) is 0 Å². The highest BCUT2D eigenvalue weighted by Crippen LogP contribution is 2.51. The van der Waals surface area contributed by atoms with Crippen LogP contribution in [0.4, 0.5) is 32.8 Å². The van der Waals surface area contributed by atoms with Gasteiger partial charge in [0.2, 0.25) is 0 Å². The number of nitrogen functional groups attached to an aromatic ring is 1. The van der Waals surface area contributed by atoms with Gasteiger partial charge >= 0.3 is 6.01 Å². The molecular weight excluding hydrogens is 703 g/mol. The van der Waals surface area contributed by atoms with Crippen LogP contribution >= 0.6 is 22.9 Å². The molecule has 0 aliphatic carbocycles. The zero-order chi connectivity index (χ0) is 34.9. The second kappa shape index (κ2) is 12.4. The zero-order valence-corrected chi connectivity index (χ0v) is 27.8. The summed E-state index contributed by atoms with van der Waals surface area (Å²) in [7, 11) is 0. The van der Waals surface area contributed by atoms with E-state index in [4.69, 9.17) is 31.8 Å². The summed E-state index contributed by atoms with van der Waals surface area (Å²) in [4.78, 5) is 17.0. The molecule has 260 valence electrons. The molecule has 0 bridgehead atoms. The number of nitrogens with zero attached hydrogens (tertiary/aromatic N) is 7. The van der Waals surface area contributed by atoms with E-state index in [2.05, 4.69) is 14.9 Å². The van der Waals surface area contributed by atoms with Crippen molar-refractivity contribution < 1.29 is 31.4 Å². The molecule has 3 aromatic heterocycles. The third-order valence-corrected chi connectivity index (χ3v) is 11.2. The first-order valence-corrected chi connectivity index (χ1v) is 17.1. The Morgan fingerprint density at radius 1 is 1.22 bits per heavy atom. The van der Waals surface area contributed by atoms with Gasteiger partial charge in [0, 0.05) is 30.1 Å². The van der Waals surface area contributed by atoms with Crippen LogP contribution in [0.15, 0.2) is 24.7 Å². The second-order valence-corrected chi connectivity index (χ2v) is 14.1. The highest BCUT2D eigenvalue weighted by atomic mass is 35.5. The fourth-order valence-electron chi connectivity index (χ4n) is 7.56. The summed E-state index contributed by atoms with van der Waals surface area (Å²) >= 11 is 7.83. The number of imidazole rings is 1. The third kappa shape index (κ3) is 5.25. The Kier molecular flexibility index (Phi) is 8.11. The summed E-state index contributed by atoms with van der Waals surface area (Å²) in [5, 5.41) is 10.0. The van der Waals surface area contributed by atoms with Gasteiger partial charge in [-0.15, -0.1) is 11.3 Å². The number of nitrogens with two attached hydrogens (primary N) is 1. The maximum atomic E-state index is 17.2. The van der Waals surface area contributed by atoms with Crippen LogP contribution in [0.1, 0.15) is 30.5 Å². The molecule has 0 spiro atoms. The largest absolute Gasteiger partial charge is 0.489 e. The first kappa shape index (κ1) is 32.7. The summed E-state index contributed by atoms with van der Waals surface area (Å²) in [6, 6.07) is 4.26. The van der Waals surface area contributed by atoms with E-state index in [1.807, 2.05) is 6.07 Å². The molecule has 6 heterocycles. The van der Waals surface area contributed by atoms with Crippen molar-refractivity contribution in [3.8, 4) is 29.0 Å². The predicted octanol–water partition coefficient (Wildman–Crippen LogP) is 6.71. The molecule has 17 heteroatoms. The van der Waals surface area contributed by atoms with E-state index in [0.29, 0.717) is 18.7 Å². The van der Waals surface area contributed by atoms with Crippen molar-refractivity contribution in [1.29, 1.82) is 5.26 Å². The highest BCUT2D eigenvalue weighted by molar-refractivity contribution is 7.23. The van der Waals surface area contributed by atoms with Crippen LogP contribution in [0.25, 0.3) is 32.1 Å². The minimum atomic E-state index is -2.62. The minimum absolute atomic E-state index is 0.0241. The molecule has 0 amide bonds. The van der Waals surface area contributed by atoms with Gasteiger partial charge in [-0.2, -0.15) is 15.2 Å². The smallest absolute Gasteiger partial charge is 0.319 e. The number of thiophene rings is 1. The van der Waals surface area contributed by atoms with Crippen LogP contribution in [-0.4, -0.2) is 75.4 Å². The molecule has 0 radical (unpaired) electrons. The standard InChI is InChI=1S/C33H28ClF5N8O2S/c34-25-23(18-2-3-20(36)29-22(18)19(9-40)30(41)50-29)26(39)27-24-28(25)48-7-6-45(12-17-10-42-15-46(17)13-21(37)38)31(24)44-32(43-27)49-14-33-4-1-5-47(33)11-16(35)8-33/h2-3,10,15-16,21H,1,4-8,11-14,41H2/t16-,33+/m1/s1. The lowest BCUT2D eigenvalue weighted by atomic mass is 9.95. The van der Waals surface area contributed by atoms with Crippen LogP contribution in [0.2, 0.25) is 5.02 Å². The van der Waals surface area contributed by atoms with Gasteiger partial charge in [-0.25, -0.2) is 26.9 Å². The molecule has 50 heavy (non-hydrogen) atoms. The lowest BCUT2D eigenvalue weighted by Crippen LogP contribution is -2.43. The van der Waals surface area contributed by atoms with Gasteiger partial charge in [-0.3, -0.25) is 4.90 Å². The third-order valence-electron chi connectivity index (χ3n) is 9.77. The van der Waals surface area contributed by atoms with Gasteiger partial charge in [-0.05, 0) is 31.0 Å². The number of anilines is 2. The number of fused-ring (bicyclic) bond motifs is 2. The van der Waals surface area contributed by atoms with Gasteiger partial charge in [0.05, 0.1) is 57.9 Å². The molecule has 5 aromatic rings. The molecule has 0 unspecified atom stereocenters. The fourth-order valence-corrected chi connectivity index (χ4v) is 8.85. The summed E-state index contributed by atoms with van der Waals surface area (Å²) in [5.41, 5.74) is 5.61. The van der Waals surface area contributed by atoms with Crippen LogP contribution in [0, 0.1) is 23.0 Å². The summed E-state index contributed by atoms with van der Waals surface area (Å²) in [6.45, 7) is 0.758. The fraction of sp³-hybridized carbons (Fsp3) is 0.394. The minimum Gasteiger partial charge on any atom is -0.489 e. The zero-order valence-electron chi connectivity index (χ0n) is 26.2. The quantitative estimate of drug-likeness (QED) is 0.174. The predicted molar refractivity (Wildman–Crippen MR) is 178 cm³/mol. The second-order valence-electron chi connectivity index (χ2n) is 12.7. The van der Waals surface area contributed by atoms with E-state index >= 15 is 4.39 Å². The summed E-state index contributed by atoms with van der Waals surface area (Å²) in [5.74, 6) is -1.34. The van der Waals surface area contributed by atoms with Crippen molar-refractivity contribution in [3.63, 3.8) is 0 Å². The van der Waals surface area contributed by atoms with E-state index in [1.165, 1.54) is 23.2 Å². The molecule has 2 atom stereocenters. The lowest BCUT2D eigenvalue weighted by molar-refractivity contribution is 0.107. The number of nitriles is 1. The lowest BCUT2D eigenvalue weighted by Gasteiger charge is -2.31. The number of rotatable bonds is 8. The maximum absolute atomic E-state index is 17.2. The average Bonchev–Trinajstić information content (AvgIpc) is 3.81. The highest BCUT2D eigenvalue weighted by Gasteiger charge is 2.49. The van der Waals surface area contributed by atoms with Gasteiger partial charge in [0.1, 0.15) is 47.6 Å². The molecule has 10 nitrogen and oxygen atoms in total. The van der Waals surface area contributed by atoms with Crippen molar-refractivity contribution in [2.75, 3.05) is 43.5 Å². The van der Waals surface area contributed by atoms with Gasteiger partial charge in [-0.1, -0.05) is 17.7 Å². The van der Waals surface area contributed by atoms with E-state index in [0.717, 1.165) is 30.4 Å². The van der Waals surface area contributed by atoms with Crippen molar-refractivity contribution in [1.82, 2.24) is 24.4 Å². The molecular formula is C33H28ClF5N8O2S. The summed E-state index contributed by atoms with van der Waals surface area (Å²) < 4.78 is 87.2. The van der Waals surface area contributed by atoms with Crippen molar-refractivity contribution >= 4 is 54.7 Å². The Hall–Kier alpha value is -4.46. The number of hydrogen-bond donors (Lipinski definition) is 1. The number of halogens is 6. The Balaban J connectivity index is 1.32. The van der Waals surface area contributed by atoms with Crippen LogP contribution in [0.5, 0.6) is 11.8 Å². The Morgan fingerprint density at radius 2 is 2.06 bits per heavy atom. The maximum Gasteiger partial charge on any atom is 0.319 e. The molecule has 0 saturated carbocycles. The monoisotopic (exact) mass is 730 g/mol. The molecule has 3 aliphatic heterocycles. The normalized spacial score (nSPS) is 20.4. The number of aromatic nitrogens is 4. The van der Waals surface area contributed by atoms with Gasteiger partial charge in [0.15, 0.2) is 11.6 Å². The molecule has 3 aliphatic rings. The average molecular weight is 731 g/mol. The number of ether oxygens (including phenoxy) is 2. The molecule has 2 aromatic carbocycles. The van der Waals surface area contributed by atoms with Crippen molar-refractivity contribution in [3.05, 3.63) is 52.6 Å². The Morgan fingerprint density at radius 3 is 2.86 bits per heavy atom. The molecule has 2 fully saturated rings. The summed E-state index contributed by atoms with van der Waals surface area (Å²) in [6.07, 6.45) is 1.01. The first-order chi connectivity index (χ1) is 24.1. The molecule has 2 saturated heterocycles. The number of benzene rings is 2. The first-order valence-electron chi connectivity index (χ1n) is 15.9. The molecule has 2 N–H and O–H groups in total. The van der Waals surface area contributed by atoms with Gasteiger partial charge < -0.3 is 24.7 Å². The molecule has 8 rings (SSSR count). The van der Waals surface area contributed by atoms with E-state index < -0.39 is 36.3 Å². The van der Waals surface area contributed by atoms with E-state index in [1.54, 1.807) is 4.90 Å². The van der Waals surface area contributed by atoms with E-state index in [-0.39, 0.29) is 98.0 Å². The van der Waals surface area contributed by atoms with Gasteiger partial charge in [0.25, 0.3) is 6.43 Å². The van der Waals surface area contributed by atoms with Crippen LogP contribution in [-0.2, 0) is 13.1 Å². The number of alkyl halides is 3. The van der Waals surface area contributed by atoms with Crippen molar-refractivity contribution in [2.24, 2.45) is 0 Å². The topological polar surface area (TPSA) is 118 Å². The van der Waals surface area contributed by atoms with Crippen molar-refractivity contribution in [2.45, 2.75) is 50.5 Å². The van der Waals surface area contributed by atoms with Crippen LogP contribution < -0.4 is 20.1 Å². The van der Waals surface area contributed by atoms with E-state index in [9.17, 15) is 22.8 Å². The Bertz CT molecular complexity index is 2210.